The fourth-order valence-corrected chi connectivity index (χ4v) is 8.14. The highest BCUT2D eigenvalue weighted by Gasteiger charge is 2.37. The number of guanidine groups is 3. The van der Waals surface area contributed by atoms with Crippen molar-refractivity contribution in [3.8, 4) is 0 Å². The Balaban J connectivity index is 7.15. The van der Waals surface area contributed by atoms with Gasteiger partial charge in [-0.2, -0.15) is 0 Å². The molecule has 0 bridgehead atoms. The zero-order valence-electron chi connectivity index (χ0n) is 50.7. The van der Waals surface area contributed by atoms with E-state index in [1.807, 2.05) is 0 Å². The summed E-state index contributed by atoms with van der Waals surface area (Å²) < 4.78 is 0. The highest BCUT2D eigenvalue weighted by atomic mass is 16.4. The van der Waals surface area contributed by atoms with Gasteiger partial charge in [0.25, 0.3) is 0 Å². The molecular formula is C52H99N21O13. The number of carboxylic acid groups (broad SMARTS) is 1. The third-order valence-corrected chi connectivity index (χ3v) is 13.3. The smallest absolute Gasteiger partial charge is 0.325 e. The molecule has 0 unspecified atom stereocenters. The topological polar surface area (TPSA) is 608 Å². The lowest BCUT2D eigenvalue weighted by Crippen LogP contribution is -2.62. The van der Waals surface area contributed by atoms with E-state index >= 15 is 0 Å². The number of nitrogens with one attached hydrogen (secondary N) is 9. The lowest BCUT2D eigenvalue weighted by molar-refractivity contribution is -0.142. The Morgan fingerprint density at radius 1 is 0.442 bits per heavy atom. The molecule has 0 aliphatic heterocycles. The van der Waals surface area contributed by atoms with E-state index in [-0.39, 0.29) is 114 Å². The first-order chi connectivity index (χ1) is 40.3. The van der Waals surface area contributed by atoms with Crippen molar-refractivity contribution in [1.82, 2.24) is 47.9 Å². The van der Waals surface area contributed by atoms with Crippen molar-refractivity contribution in [3.63, 3.8) is 0 Å². The Kier molecular flexibility index (Phi) is 37.8. The number of rotatable bonds is 44. The van der Waals surface area contributed by atoms with Crippen molar-refractivity contribution in [2.75, 3.05) is 32.8 Å². The first-order valence-electron chi connectivity index (χ1n) is 28.8. The number of hydrogen-bond acceptors (Lipinski definition) is 17. The summed E-state index contributed by atoms with van der Waals surface area (Å²) >= 11 is 0. The second-order valence-electron chi connectivity index (χ2n) is 21.6. The maximum Gasteiger partial charge on any atom is 0.325 e. The summed E-state index contributed by atoms with van der Waals surface area (Å²) in [7, 11) is 0. The van der Waals surface area contributed by atoms with Crippen LogP contribution in [-0.2, 0) is 52.7 Å². The molecule has 490 valence electrons. The number of carbonyl (C=O) groups is 11. The fourth-order valence-electron chi connectivity index (χ4n) is 8.14. The highest BCUT2D eigenvalue weighted by Crippen LogP contribution is 2.14. The van der Waals surface area contributed by atoms with Crippen LogP contribution >= 0.6 is 0 Å². The van der Waals surface area contributed by atoms with Crippen LogP contribution in [0.5, 0.6) is 0 Å². The minimum atomic E-state index is -1.61. The van der Waals surface area contributed by atoms with E-state index in [1.54, 1.807) is 41.5 Å². The number of carboxylic acids is 1. The Morgan fingerprint density at radius 2 is 0.802 bits per heavy atom. The minimum Gasteiger partial charge on any atom is -0.480 e. The van der Waals surface area contributed by atoms with Gasteiger partial charge in [0, 0.05) is 26.1 Å². The maximum absolute atomic E-state index is 14.5. The molecule has 86 heavy (non-hydrogen) atoms. The number of unbranched alkanes of at least 4 members (excludes halogenated alkanes) is 1. The van der Waals surface area contributed by atoms with Gasteiger partial charge in [-0.1, -0.05) is 48.0 Å². The van der Waals surface area contributed by atoms with Crippen LogP contribution in [-0.4, -0.2) is 186 Å². The molecule has 0 aliphatic rings. The van der Waals surface area contributed by atoms with Crippen LogP contribution in [0.1, 0.15) is 132 Å². The molecule has 29 N–H and O–H groups in total. The normalized spacial score (nSPS) is 14.9. The zero-order chi connectivity index (χ0) is 65.8. The lowest BCUT2D eigenvalue weighted by Gasteiger charge is -2.30. The monoisotopic (exact) mass is 1230 g/mol. The molecule has 0 spiro atoms. The summed E-state index contributed by atoms with van der Waals surface area (Å²) in [6, 6.07) is -13.7. The zero-order valence-corrected chi connectivity index (χ0v) is 50.7. The predicted octanol–water partition coefficient (Wildman–Crippen LogP) is -6.92. The van der Waals surface area contributed by atoms with Gasteiger partial charge in [0.2, 0.25) is 59.1 Å². The second-order valence-corrected chi connectivity index (χ2v) is 21.6. The third kappa shape index (κ3) is 32.2. The van der Waals surface area contributed by atoms with Crippen LogP contribution in [0.4, 0.5) is 0 Å². The largest absolute Gasteiger partial charge is 0.480 e. The number of nitrogens with zero attached hydrogens (tertiary/aromatic N) is 3. The third-order valence-electron chi connectivity index (χ3n) is 13.3. The van der Waals surface area contributed by atoms with Crippen LogP contribution in [0.15, 0.2) is 15.0 Å². The summed E-state index contributed by atoms with van der Waals surface area (Å²) in [5.74, 6) is -12.1. The van der Waals surface area contributed by atoms with E-state index in [4.69, 9.17) is 51.6 Å². The standard InChI is InChI=1S/C52H99N21O13/c1-8-28(6)39(73-44(80)33(16-12-22-63-51(58)59)67-41(77)31(14-9-10-20-53)66-40(76)30(54)18-19-37(55)75)48(84)69-34(17-13-23-64-52(60)61)43(79)72-38(27(4)5)47(83)68-32(15-11-21-62-50(56)57)42(78)70-35(24-26(2)3)45(81)71-36(25-74)46(82)65-29(7)49(85)86/h26-36,38-39,74H,8-25,53-54H2,1-7H3,(H2,55,75)(H,65,82)(H,66,76)(H,67,77)(H,68,83)(H,69,84)(H,70,78)(H,71,81)(H,72,79)(H,73,80)(H,85,86)(H4,56,57,62)(H4,58,59,63)(H4,60,61,64)/t28-,29-,30-,31-,32-,33-,34-,35-,36-,38-,39-/m0/s1. The number of nitrogens with two attached hydrogens (primary N) is 9. The molecule has 0 aromatic rings. The van der Waals surface area contributed by atoms with E-state index in [0.717, 1.165) is 0 Å². The molecule has 0 radical (unpaired) electrons. The van der Waals surface area contributed by atoms with Gasteiger partial charge in [-0.3, -0.25) is 67.7 Å². The number of aliphatic hydroxyl groups excluding tert-OH is 1. The Labute approximate surface area is 501 Å². The summed E-state index contributed by atoms with van der Waals surface area (Å²) in [5.41, 5.74) is 50.1. The van der Waals surface area contributed by atoms with Crippen LogP contribution < -0.4 is 99.5 Å². The molecule has 34 heteroatoms. The number of carbonyl (C=O) groups excluding carboxylic acids is 10. The van der Waals surface area contributed by atoms with Crippen molar-refractivity contribution in [2.24, 2.45) is 84.3 Å². The molecule has 10 amide bonds. The Morgan fingerprint density at radius 3 is 1.19 bits per heavy atom. The second kappa shape index (κ2) is 41.8. The van der Waals surface area contributed by atoms with Gasteiger partial charge in [-0.15, -0.1) is 0 Å². The van der Waals surface area contributed by atoms with Crippen LogP contribution in [0.3, 0.4) is 0 Å². The van der Waals surface area contributed by atoms with Crippen LogP contribution in [0.2, 0.25) is 0 Å². The Bertz CT molecular complexity index is 2310. The molecule has 0 aromatic heterocycles. The molecule has 0 saturated heterocycles. The van der Waals surface area contributed by atoms with Crippen molar-refractivity contribution in [1.29, 1.82) is 0 Å². The van der Waals surface area contributed by atoms with Crippen molar-refractivity contribution in [3.05, 3.63) is 0 Å². The molecule has 0 aromatic carbocycles. The molecule has 34 nitrogen and oxygen atoms in total. The van der Waals surface area contributed by atoms with E-state index in [9.17, 15) is 63.0 Å². The van der Waals surface area contributed by atoms with E-state index in [1.165, 1.54) is 6.92 Å². The summed E-state index contributed by atoms with van der Waals surface area (Å²) in [6.45, 7) is 10.6. The highest BCUT2D eigenvalue weighted by molar-refractivity contribution is 5.99. The molecule has 0 rings (SSSR count). The predicted molar refractivity (Wildman–Crippen MR) is 321 cm³/mol. The number of amides is 10. The van der Waals surface area contributed by atoms with Gasteiger partial charge in [0.05, 0.1) is 12.6 Å². The molecule has 0 saturated carbocycles. The average Bonchev–Trinajstić information content (AvgIpc) is 3.63. The van der Waals surface area contributed by atoms with E-state index < -0.39 is 144 Å². The molecule has 0 heterocycles. The van der Waals surface area contributed by atoms with Gasteiger partial charge in [0.1, 0.15) is 54.4 Å². The van der Waals surface area contributed by atoms with Gasteiger partial charge in [-0.05, 0) is 102 Å². The SMILES string of the molecule is CC[C@H](C)[C@H](NC(=O)[C@H](CCCN=C(N)N)NC(=O)[C@H](CCCCN)NC(=O)[C@@H](N)CCC(N)=O)C(=O)N[C@@H](CCCN=C(N)N)C(=O)N[C@H](C(=O)N[C@@H](CCCN=C(N)N)C(=O)N[C@@H](CC(C)C)C(=O)N[C@@H](CO)C(=O)N[C@@H](C)C(=O)O)C(C)C. The molecule has 0 aliphatic carbocycles. The first kappa shape index (κ1) is 77.9. The number of hydrogen-bond donors (Lipinski definition) is 20. The van der Waals surface area contributed by atoms with Crippen molar-refractivity contribution >= 4 is 82.9 Å². The maximum atomic E-state index is 14.5. The number of primary amides is 1. The van der Waals surface area contributed by atoms with Gasteiger partial charge >= 0.3 is 5.97 Å². The molecule has 0 fully saturated rings. The number of aliphatic carboxylic acids is 1. The molecular weight excluding hydrogens is 1130 g/mol. The number of aliphatic imine (C=N–C) groups is 3. The lowest BCUT2D eigenvalue weighted by atomic mass is 9.96. The summed E-state index contributed by atoms with van der Waals surface area (Å²) in [4.78, 5) is 160. The van der Waals surface area contributed by atoms with Crippen molar-refractivity contribution < 1.29 is 63.0 Å². The molecule has 11 atom stereocenters. The Hall–Kier alpha value is -8.14. The summed E-state index contributed by atoms with van der Waals surface area (Å²) in [6.07, 6.45) is 0.977. The first-order valence-corrected chi connectivity index (χ1v) is 28.8. The minimum absolute atomic E-state index is 0.0000672. The van der Waals surface area contributed by atoms with Gasteiger partial charge in [-0.25, -0.2) is 0 Å². The van der Waals surface area contributed by atoms with Crippen LogP contribution in [0.25, 0.3) is 0 Å². The fraction of sp³-hybridized carbons (Fsp3) is 0.731. The summed E-state index contributed by atoms with van der Waals surface area (Å²) in [5, 5.41) is 42.3. The quantitative estimate of drug-likeness (QED) is 0.0153. The van der Waals surface area contributed by atoms with Gasteiger partial charge < -0.3 is 110 Å². The van der Waals surface area contributed by atoms with E-state index in [2.05, 4.69) is 62.8 Å². The van der Waals surface area contributed by atoms with E-state index in [0.29, 0.717) is 19.3 Å². The van der Waals surface area contributed by atoms with Crippen LogP contribution in [0, 0.1) is 17.8 Å². The average molecular weight is 1230 g/mol. The number of aliphatic hydroxyl groups is 1. The van der Waals surface area contributed by atoms with Crippen molar-refractivity contribution in [2.45, 2.75) is 192 Å². The van der Waals surface area contributed by atoms with Gasteiger partial charge in [0.15, 0.2) is 17.9 Å².